The molecule has 0 heterocycles. The SMILES string of the molecule is C1=C(c2ccc(N(c3cccc4ccccc34)c3cccc4ccccc34)cc2)CCC2=C1C1(c3ccccc32)c2ccccc2-c2ccccc21. The van der Waals surface area contributed by atoms with Gasteiger partial charge in [-0.25, -0.2) is 0 Å². The summed E-state index contributed by atoms with van der Waals surface area (Å²) in [6.45, 7) is 0. The zero-order chi connectivity index (χ0) is 34.2. The molecule has 0 aromatic heterocycles. The second kappa shape index (κ2) is 11.3. The van der Waals surface area contributed by atoms with Gasteiger partial charge in [-0.3, -0.25) is 0 Å². The minimum Gasteiger partial charge on any atom is -0.309 e. The maximum atomic E-state index is 2.56. The summed E-state index contributed by atoms with van der Waals surface area (Å²) in [5, 5.41) is 4.94. The van der Waals surface area contributed by atoms with E-state index in [1.165, 1.54) is 88.6 Å². The summed E-state index contributed by atoms with van der Waals surface area (Å²) in [6.07, 6.45) is 4.60. The molecule has 0 unspecified atom stereocenters. The Morgan fingerprint density at radius 3 is 1.48 bits per heavy atom. The monoisotopic (exact) mass is 661 g/mol. The van der Waals surface area contributed by atoms with Crippen LogP contribution in [0.25, 0.3) is 43.8 Å². The zero-order valence-corrected chi connectivity index (χ0v) is 28.8. The zero-order valence-electron chi connectivity index (χ0n) is 28.8. The van der Waals surface area contributed by atoms with Crippen molar-refractivity contribution < 1.29 is 0 Å². The lowest BCUT2D eigenvalue weighted by Gasteiger charge is -2.33. The number of nitrogens with zero attached hydrogens (tertiary/aromatic N) is 1. The summed E-state index contributed by atoms with van der Waals surface area (Å²) in [7, 11) is 0. The Bertz CT molecular complexity index is 2660. The maximum absolute atomic E-state index is 2.56. The van der Waals surface area contributed by atoms with Crippen molar-refractivity contribution in [1.82, 2.24) is 0 Å². The van der Waals surface area contributed by atoms with Crippen LogP contribution in [0.15, 0.2) is 194 Å². The van der Waals surface area contributed by atoms with Crippen LogP contribution < -0.4 is 4.90 Å². The van der Waals surface area contributed by atoms with E-state index in [0.717, 1.165) is 18.5 Å². The van der Waals surface area contributed by atoms with Gasteiger partial charge in [0.1, 0.15) is 0 Å². The molecule has 0 saturated carbocycles. The summed E-state index contributed by atoms with van der Waals surface area (Å²) in [6, 6.07) is 67.4. The molecule has 0 fully saturated rings. The predicted octanol–water partition coefficient (Wildman–Crippen LogP) is 13.4. The van der Waals surface area contributed by atoms with Crippen molar-refractivity contribution in [2.75, 3.05) is 4.90 Å². The van der Waals surface area contributed by atoms with Crippen LogP contribution in [-0.2, 0) is 5.41 Å². The number of allylic oxidation sites excluding steroid dienone is 4. The molecule has 52 heavy (non-hydrogen) atoms. The van der Waals surface area contributed by atoms with E-state index < -0.39 is 0 Å². The second-order valence-electron chi connectivity index (χ2n) is 14.3. The average molecular weight is 662 g/mol. The maximum Gasteiger partial charge on any atom is 0.0722 e. The summed E-state index contributed by atoms with van der Waals surface area (Å²) < 4.78 is 0. The van der Waals surface area contributed by atoms with Gasteiger partial charge >= 0.3 is 0 Å². The third-order valence-corrected chi connectivity index (χ3v) is 11.8. The lowest BCUT2D eigenvalue weighted by molar-refractivity contribution is 0.782. The highest BCUT2D eigenvalue weighted by Gasteiger charge is 2.52. The molecular formula is C51H35N. The van der Waals surface area contributed by atoms with Crippen LogP contribution in [0, 0.1) is 0 Å². The van der Waals surface area contributed by atoms with E-state index in [1.54, 1.807) is 0 Å². The van der Waals surface area contributed by atoms with Crippen molar-refractivity contribution in [1.29, 1.82) is 0 Å². The Kier molecular flexibility index (Phi) is 6.36. The van der Waals surface area contributed by atoms with E-state index in [0.29, 0.717) is 0 Å². The number of rotatable bonds is 4. The Labute approximate surface area is 304 Å². The quantitative estimate of drug-likeness (QED) is 0.181. The molecule has 0 saturated heterocycles. The van der Waals surface area contributed by atoms with Gasteiger partial charge in [-0.2, -0.15) is 0 Å². The lowest BCUT2D eigenvalue weighted by Crippen LogP contribution is -2.27. The summed E-state index contributed by atoms with van der Waals surface area (Å²) in [4.78, 5) is 2.44. The molecule has 0 radical (unpaired) electrons. The first-order valence-corrected chi connectivity index (χ1v) is 18.4. The third-order valence-electron chi connectivity index (χ3n) is 11.8. The van der Waals surface area contributed by atoms with Crippen LogP contribution in [0.1, 0.15) is 40.7 Å². The first-order valence-electron chi connectivity index (χ1n) is 18.4. The summed E-state index contributed by atoms with van der Waals surface area (Å²) >= 11 is 0. The van der Waals surface area contributed by atoms with E-state index in [9.17, 15) is 0 Å². The average Bonchev–Trinajstić information content (AvgIpc) is 3.68. The predicted molar refractivity (Wildman–Crippen MR) is 218 cm³/mol. The molecule has 0 bridgehead atoms. The highest BCUT2D eigenvalue weighted by atomic mass is 15.1. The molecule has 3 aliphatic carbocycles. The van der Waals surface area contributed by atoms with Gasteiger partial charge in [0.25, 0.3) is 0 Å². The standard InChI is InChI=1S/C51H35N/c1-3-17-39-35(13-1)15-11-25-49(39)52(50-26-12-16-36-14-2-4-18-40(36)50)38-30-27-34(28-31-38)37-29-32-44-43-21-7-10-24-47(43)51(48(44)33-37)45-22-8-5-19-41(45)42-20-6-9-23-46(42)51/h1-28,30-31,33H,29,32H2. The highest BCUT2D eigenvalue weighted by Crippen LogP contribution is 2.64. The smallest absolute Gasteiger partial charge is 0.0722 e. The van der Waals surface area contributed by atoms with Crippen molar-refractivity contribution in [3.05, 3.63) is 221 Å². The minimum atomic E-state index is -0.301. The van der Waals surface area contributed by atoms with Crippen LogP contribution in [-0.4, -0.2) is 0 Å². The molecule has 8 aromatic rings. The molecule has 0 aliphatic heterocycles. The normalized spacial score (nSPS) is 15.0. The molecule has 1 heteroatoms. The molecule has 0 N–H and O–H groups in total. The molecular weight excluding hydrogens is 627 g/mol. The van der Waals surface area contributed by atoms with Crippen LogP contribution in [0.3, 0.4) is 0 Å². The minimum absolute atomic E-state index is 0.301. The molecule has 3 aliphatic rings. The van der Waals surface area contributed by atoms with E-state index in [-0.39, 0.29) is 5.41 Å². The number of hydrogen-bond donors (Lipinski definition) is 0. The van der Waals surface area contributed by atoms with Crippen molar-refractivity contribution >= 4 is 49.8 Å². The van der Waals surface area contributed by atoms with Crippen molar-refractivity contribution in [3.63, 3.8) is 0 Å². The van der Waals surface area contributed by atoms with Gasteiger partial charge in [0.2, 0.25) is 0 Å². The van der Waals surface area contributed by atoms with Gasteiger partial charge in [0.15, 0.2) is 0 Å². The van der Waals surface area contributed by atoms with Crippen LogP contribution >= 0.6 is 0 Å². The first kappa shape index (κ1) is 29.3. The summed E-state index contributed by atoms with van der Waals surface area (Å²) in [5.41, 5.74) is 17.2. The molecule has 1 spiro atoms. The number of benzene rings is 8. The van der Waals surface area contributed by atoms with Gasteiger partial charge in [-0.1, -0.05) is 164 Å². The van der Waals surface area contributed by atoms with Gasteiger partial charge in [-0.05, 0) is 104 Å². The first-order chi connectivity index (χ1) is 25.8. The lowest BCUT2D eigenvalue weighted by atomic mass is 9.68. The fraction of sp³-hybridized carbons (Fsp3) is 0.0588. The number of anilines is 3. The Morgan fingerprint density at radius 1 is 0.404 bits per heavy atom. The Morgan fingerprint density at radius 2 is 0.885 bits per heavy atom. The van der Waals surface area contributed by atoms with Crippen LogP contribution in [0.5, 0.6) is 0 Å². The van der Waals surface area contributed by atoms with Crippen molar-refractivity contribution in [2.45, 2.75) is 18.3 Å². The van der Waals surface area contributed by atoms with Crippen molar-refractivity contribution in [2.24, 2.45) is 0 Å². The number of hydrogen-bond acceptors (Lipinski definition) is 1. The van der Waals surface area contributed by atoms with E-state index in [1.807, 2.05) is 0 Å². The van der Waals surface area contributed by atoms with Gasteiger partial charge in [0.05, 0.1) is 16.8 Å². The van der Waals surface area contributed by atoms with Crippen LogP contribution in [0.2, 0.25) is 0 Å². The molecule has 0 amide bonds. The molecule has 1 nitrogen and oxygen atoms in total. The molecule has 244 valence electrons. The number of fused-ring (bicyclic) bond motifs is 11. The van der Waals surface area contributed by atoms with E-state index in [4.69, 9.17) is 0 Å². The Hall–Kier alpha value is -6.44. The molecule has 0 atom stereocenters. The summed E-state index contributed by atoms with van der Waals surface area (Å²) in [5.74, 6) is 0. The highest BCUT2D eigenvalue weighted by molar-refractivity contribution is 6.05. The fourth-order valence-corrected chi connectivity index (χ4v) is 9.64. The van der Waals surface area contributed by atoms with Crippen LogP contribution in [0.4, 0.5) is 17.1 Å². The molecule has 8 aromatic carbocycles. The van der Waals surface area contributed by atoms with Gasteiger partial charge < -0.3 is 4.90 Å². The second-order valence-corrected chi connectivity index (χ2v) is 14.3. The van der Waals surface area contributed by atoms with Gasteiger partial charge in [0, 0.05) is 16.5 Å². The largest absolute Gasteiger partial charge is 0.309 e. The fourth-order valence-electron chi connectivity index (χ4n) is 9.64. The topological polar surface area (TPSA) is 3.24 Å². The molecule has 11 rings (SSSR count). The van der Waals surface area contributed by atoms with E-state index in [2.05, 4.69) is 193 Å². The van der Waals surface area contributed by atoms with Crippen molar-refractivity contribution in [3.8, 4) is 11.1 Å². The van der Waals surface area contributed by atoms with E-state index >= 15 is 0 Å². The third kappa shape index (κ3) is 4.05. The Balaban J connectivity index is 1.07. The van der Waals surface area contributed by atoms with Gasteiger partial charge in [-0.15, -0.1) is 0 Å².